The highest BCUT2D eigenvalue weighted by atomic mass is 35.5. The minimum atomic E-state index is -0.509. The van der Waals surface area contributed by atoms with Gasteiger partial charge in [0.1, 0.15) is 0 Å². The topological polar surface area (TPSA) is 120 Å². The average Bonchev–Trinajstić information content (AvgIpc) is 2.96. The lowest BCUT2D eigenvalue weighted by molar-refractivity contribution is -0.403. The summed E-state index contributed by atoms with van der Waals surface area (Å²) in [6, 6.07) is 18.2. The average molecular weight is 640 g/mol. The monoisotopic (exact) mass is 639 g/mol. The largest absolute Gasteiger partial charge is 1.00 e. The Balaban J connectivity index is 0.000000842. The van der Waals surface area contributed by atoms with Crippen LogP contribution in [0.3, 0.4) is 0 Å². The number of carbonyl (C=O) groups excluding carboxylic acids is 4. The Morgan fingerprint density at radius 3 is 1.36 bits per heavy atom. The summed E-state index contributed by atoms with van der Waals surface area (Å²) in [5.74, 6) is 0.0233. The number of carbonyl (C=O) groups is 4. The second-order valence-corrected chi connectivity index (χ2v) is 12.6. The molecule has 7 nitrogen and oxygen atoms in total. The molecule has 0 heterocycles. The van der Waals surface area contributed by atoms with E-state index in [2.05, 4.69) is 29.5 Å². The van der Waals surface area contributed by atoms with Gasteiger partial charge < -0.3 is 28.8 Å². The van der Waals surface area contributed by atoms with Crippen LogP contribution >= 0.6 is 0 Å². The third-order valence-electron chi connectivity index (χ3n) is 7.05. The Kier molecular flexibility index (Phi) is 19.6. The van der Waals surface area contributed by atoms with Crippen LogP contribution in [0.2, 0.25) is 0 Å². The minimum Gasteiger partial charge on any atom is -1.00 e. The van der Waals surface area contributed by atoms with Gasteiger partial charge in [-0.2, -0.15) is 0 Å². The van der Waals surface area contributed by atoms with Crippen molar-refractivity contribution in [1.29, 1.82) is 0 Å². The molecule has 248 valence electrons. The van der Waals surface area contributed by atoms with E-state index in [9.17, 15) is 19.2 Å². The molecule has 0 aliphatic rings. The van der Waals surface area contributed by atoms with Crippen molar-refractivity contribution in [2.24, 2.45) is 17.8 Å². The predicted molar refractivity (Wildman–Crippen MR) is 179 cm³/mol. The number of Topliss-reactive ketones (excluding diaryl/α,β-unsaturated/α-hetero) is 2. The number of halogens is 1. The third kappa shape index (κ3) is 16.4. The van der Waals surface area contributed by atoms with E-state index in [-0.39, 0.29) is 41.7 Å². The van der Waals surface area contributed by atoms with E-state index >= 15 is 0 Å². The standard InChI is InChI=1S/C19H27NO2.C18H26N2O2.ClH/c1-13(2)11-17(18(21)14(3)4)20-19(22)15(5)12-16-9-7-6-8-10-16;1-12(2)10-16(17(21)13(3)4)20-18(22)15(19)11-14-8-6-5-7-9-14;/h6-10,13,15,17H,3,11-12H2,1-2,4-5H3,(H,20,22);5-9,12,15-16H,3,10-11,19H2,1-2,4H3,(H,20,22);1H/t15-,17-;15-,16-;/m00./s1. The maximum atomic E-state index is 12.4. The number of amides is 2. The SMILES string of the molecule is C=C(C)C(=O)[C@H](CC(C)C)NC(=O)[C@@H](C)Cc1ccccc1.C=C(C)C(=O)[C@H](CC(C)C)NC(=O)[C@@H]([NH3+])Cc1ccccc1.[Cl-]. The summed E-state index contributed by atoms with van der Waals surface area (Å²) in [6.45, 7) is 20.8. The van der Waals surface area contributed by atoms with Crippen LogP contribution in [-0.2, 0) is 32.0 Å². The lowest BCUT2D eigenvalue weighted by atomic mass is 9.95. The fraction of sp³-hybridized carbons (Fsp3) is 0.459. The van der Waals surface area contributed by atoms with Gasteiger partial charge in [0.15, 0.2) is 17.6 Å². The van der Waals surface area contributed by atoms with Crippen LogP contribution in [0.1, 0.15) is 72.4 Å². The van der Waals surface area contributed by atoms with Crippen LogP contribution in [-0.4, -0.2) is 41.5 Å². The Hall–Kier alpha value is -3.55. The summed E-state index contributed by atoms with van der Waals surface area (Å²) in [4.78, 5) is 49.0. The number of quaternary nitrogens is 1. The van der Waals surface area contributed by atoms with E-state index in [0.717, 1.165) is 11.1 Å². The van der Waals surface area contributed by atoms with Crippen molar-refractivity contribution in [2.45, 2.75) is 92.3 Å². The van der Waals surface area contributed by atoms with E-state index < -0.39 is 18.1 Å². The molecule has 8 heteroatoms. The Labute approximate surface area is 276 Å². The van der Waals surface area contributed by atoms with E-state index in [0.29, 0.717) is 48.7 Å². The van der Waals surface area contributed by atoms with E-state index in [1.807, 2.05) is 95.3 Å². The molecular weight excluding hydrogens is 586 g/mol. The second-order valence-electron chi connectivity index (χ2n) is 12.6. The molecule has 0 aliphatic carbocycles. The number of rotatable bonds is 16. The molecule has 0 saturated heterocycles. The number of hydrogen-bond acceptors (Lipinski definition) is 4. The second kappa shape index (κ2) is 21.2. The zero-order valence-electron chi connectivity index (χ0n) is 28.2. The molecule has 2 aromatic rings. The Morgan fingerprint density at radius 2 is 1.00 bits per heavy atom. The summed E-state index contributed by atoms with van der Waals surface area (Å²) in [5.41, 5.74) is 7.06. The van der Waals surface area contributed by atoms with Gasteiger partial charge >= 0.3 is 0 Å². The molecule has 0 unspecified atom stereocenters. The van der Waals surface area contributed by atoms with Crippen molar-refractivity contribution in [3.8, 4) is 0 Å². The Morgan fingerprint density at radius 1 is 0.644 bits per heavy atom. The van der Waals surface area contributed by atoms with Crippen molar-refractivity contribution >= 4 is 23.4 Å². The van der Waals surface area contributed by atoms with Crippen LogP contribution < -0.4 is 28.8 Å². The van der Waals surface area contributed by atoms with Gasteiger partial charge in [0, 0.05) is 12.3 Å². The smallest absolute Gasteiger partial charge is 0.279 e. The highest BCUT2D eigenvalue weighted by Gasteiger charge is 2.27. The van der Waals surface area contributed by atoms with Crippen LogP contribution in [0.15, 0.2) is 85.0 Å². The van der Waals surface area contributed by atoms with E-state index in [4.69, 9.17) is 0 Å². The van der Waals surface area contributed by atoms with Crippen molar-refractivity contribution in [3.63, 3.8) is 0 Å². The van der Waals surface area contributed by atoms with Crippen LogP contribution in [0.5, 0.6) is 0 Å². The summed E-state index contributed by atoms with van der Waals surface area (Å²) in [7, 11) is 0. The van der Waals surface area contributed by atoms with E-state index in [1.54, 1.807) is 13.8 Å². The van der Waals surface area contributed by atoms with Crippen LogP contribution in [0.25, 0.3) is 0 Å². The molecule has 0 bridgehead atoms. The van der Waals surface area contributed by atoms with Crippen LogP contribution in [0.4, 0.5) is 0 Å². The van der Waals surface area contributed by atoms with Crippen molar-refractivity contribution in [2.75, 3.05) is 0 Å². The number of nitrogens with one attached hydrogen (secondary N) is 2. The number of hydrogen-bond donors (Lipinski definition) is 3. The lowest BCUT2D eigenvalue weighted by Crippen LogP contribution is -3.00. The zero-order chi connectivity index (χ0) is 33.4. The normalized spacial score (nSPS) is 13.2. The number of ketones is 2. The molecule has 45 heavy (non-hydrogen) atoms. The lowest BCUT2D eigenvalue weighted by Gasteiger charge is -2.22. The van der Waals surface area contributed by atoms with Gasteiger partial charge in [-0.3, -0.25) is 19.2 Å². The molecule has 2 rings (SSSR count). The van der Waals surface area contributed by atoms with Gasteiger partial charge in [-0.25, -0.2) is 0 Å². The molecule has 0 aromatic heterocycles. The van der Waals surface area contributed by atoms with Crippen molar-refractivity contribution in [3.05, 3.63) is 96.1 Å². The quantitative estimate of drug-likeness (QED) is 0.244. The first-order valence-corrected chi connectivity index (χ1v) is 15.5. The molecule has 0 aliphatic heterocycles. The van der Waals surface area contributed by atoms with Crippen molar-refractivity contribution in [1.82, 2.24) is 10.6 Å². The molecule has 0 saturated carbocycles. The molecule has 2 amide bonds. The van der Waals surface area contributed by atoms with Gasteiger partial charge in [0.25, 0.3) is 5.91 Å². The third-order valence-corrected chi connectivity index (χ3v) is 7.05. The summed E-state index contributed by atoms with van der Waals surface area (Å²) in [6.07, 6.45) is 2.47. The maximum Gasteiger partial charge on any atom is 0.279 e. The number of benzene rings is 2. The first-order valence-electron chi connectivity index (χ1n) is 15.5. The fourth-order valence-corrected chi connectivity index (χ4v) is 4.66. The van der Waals surface area contributed by atoms with E-state index in [1.165, 1.54) is 0 Å². The maximum absolute atomic E-state index is 12.4. The van der Waals surface area contributed by atoms with Crippen LogP contribution in [0, 0.1) is 17.8 Å². The summed E-state index contributed by atoms with van der Waals surface area (Å²) < 4.78 is 0. The Bertz CT molecular complexity index is 1150. The minimum absolute atomic E-state index is 0. The van der Waals surface area contributed by atoms with Gasteiger partial charge in [-0.15, -0.1) is 0 Å². The zero-order valence-corrected chi connectivity index (χ0v) is 29.0. The summed E-state index contributed by atoms with van der Waals surface area (Å²) in [5, 5.41) is 5.74. The summed E-state index contributed by atoms with van der Waals surface area (Å²) >= 11 is 0. The molecule has 2 aromatic carbocycles. The molecular formula is C37H54ClN3O4. The first-order chi connectivity index (χ1) is 20.6. The van der Waals surface area contributed by atoms with Crippen molar-refractivity contribution < 1.29 is 37.3 Å². The molecule has 5 N–H and O–H groups in total. The highest BCUT2D eigenvalue weighted by Crippen LogP contribution is 2.13. The molecule has 0 radical (unpaired) electrons. The highest BCUT2D eigenvalue weighted by molar-refractivity contribution is 6.01. The molecule has 0 fully saturated rings. The van der Waals surface area contributed by atoms with Gasteiger partial charge in [-0.05, 0) is 67.2 Å². The van der Waals surface area contributed by atoms with Gasteiger partial charge in [0.2, 0.25) is 5.91 Å². The first kappa shape index (κ1) is 41.4. The van der Waals surface area contributed by atoms with Gasteiger partial charge in [-0.1, -0.05) is 108 Å². The molecule has 4 atom stereocenters. The fourth-order valence-electron chi connectivity index (χ4n) is 4.66. The molecule has 0 spiro atoms. The van der Waals surface area contributed by atoms with Gasteiger partial charge in [0.05, 0.1) is 12.1 Å². The predicted octanol–water partition coefficient (Wildman–Crippen LogP) is 2.06.